The van der Waals surface area contributed by atoms with Crippen LogP contribution in [0.25, 0.3) is 17.2 Å². The van der Waals surface area contributed by atoms with Gasteiger partial charge in [0, 0.05) is 5.38 Å². The first kappa shape index (κ1) is 15.9. The minimum absolute atomic E-state index is 0.111. The molecule has 0 amide bonds. The van der Waals surface area contributed by atoms with Gasteiger partial charge in [-0.05, 0) is 12.1 Å². The van der Waals surface area contributed by atoms with Crippen LogP contribution in [0.1, 0.15) is 10.6 Å². The fourth-order valence-corrected chi connectivity index (χ4v) is 2.88. The lowest BCUT2D eigenvalue weighted by molar-refractivity contribution is 0.111. The highest BCUT2D eigenvalue weighted by atomic mass is 32.1. The number of ether oxygens (including phenoxy) is 3. The van der Waals surface area contributed by atoms with Crippen LogP contribution in [0, 0.1) is 0 Å². The summed E-state index contributed by atoms with van der Waals surface area (Å²) in [6.45, 7) is 0. The SMILES string of the molecule is COc1nc(-c2nnc(C=O)n2-c2c(OC)cccc2OC)cs1. The number of thiazole rings is 1. The van der Waals surface area contributed by atoms with E-state index in [1.54, 1.807) is 28.1 Å². The summed E-state index contributed by atoms with van der Waals surface area (Å²) in [6, 6.07) is 5.31. The van der Waals surface area contributed by atoms with Crippen LogP contribution in [-0.2, 0) is 0 Å². The molecule has 0 aliphatic carbocycles. The molecule has 0 N–H and O–H groups in total. The van der Waals surface area contributed by atoms with E-state index in [0.29, 0.717) is 40.2 Å². The van der Waals surface area contributed by atoms with Crippen molar-refractivity contribution in [3.05, 3.63) is 29.4 Å². The Morgan fingerprint density at radius 2 is 1.79 bits per heavy atom. The van der Waals surface area contributed by atoms with Crippen LogP contribution in [0.3, 0.4) is 0 Å². The molecular weight excluding hydrogens is 332 g/mol. The first-order valence-corrected chi connectivity index (χ1v) is 7.73. The van der Waals surface area contributed by atoms with Crippen molar-refractivity contribution in [3.63, 3.8) is 0 Å². The predicted octanol–water partition coefficient (Wildman–Crippen LogP) is 2.23. The first-order valence-electron chi connectivity index (χ1n) is 6.85. The second kappa shape index (κ2) is 6.67. The second-order valence-corrected chi connectivity index (χ2v) is 5.37. The van der Waals surface area contributed by atoms with Crippen molar-refractivity contribution in [2.45, 2.75) is 0 Å². The van der Waals surface area contributed by atoms with Crippen molar-refractivity contribution >= 4 is 17.6 Å². The lowest BCUT2D eigenvalue weighted by Crippen LogP contribution is -2.07. The zero-order chi connectivity index (χ0) is 17.1. The number of nitrogens with zero attached hydrogens (tertiary/aromatic N) is 4. The first-order chi connectivity index (χ1) is 11.7. The summed E-state index contributed by atoms with van der Waals surface area (Å²) in [4.78, 5) is 15.8. The van der Waals surface area contributed by atoms with Crippen LogP contribution in [-0.4, -0.2) is 47.4 Å². The third-order valence-electron chi connectivity index (χ3n) is 3.31. The molecule has 0 bridgehead atoms. The summed E-state index contributed by atoms with van der Waals surface area (Å²) >= 11 is 1.32. The Morgan fingerprint density at radius 3 is 2.33 bits per heavy atom. The molecule has 2 aromatic heterocycles. The number of para-hydroxylation sites is 1. The molecular formula is C15H14N4O4S. The number of hydrogen-bond acceptors (Lipinski definition) is 8. The van der Waals surface area contributed by atoms with Gasteiger partial charge in [0.05, 0.1) is 21.3 Å². The molecule has 0 aliphatic heterocycles. The van der Waals surface area contributed by atoms with Crippen LogP contribution >= 0.6 is 11.3 Å². The second-order valence-electron chi connectivity index (χ2n) is 4.55. The lowest BCUT2D eigenvalue weighted by Gasteiger charge is -2.15. The van der Waals surface area contributed by atoms with Crippen LogP contribution in [0.5, 0.6) is 16.7 Å². The summed E-state index contributed by atoms with van der Waals surface area (Å²) in [5.41, 5.74) is 1.06. The van der Waals surface area contributed by atoms with E-state index < -0.39 is 0 Å². The Hall–Kier alpha value is -2.94. The molecule has 0 saturated carbocycles. The number of aromatic nitrogens is 4. The minimum Gasteiger partial charge on any atom is -0.494 e. The number of rotatable bonds is 6. The highest BCUT2D eigenvalue weighted by Gasteiger charge is 2.23. The van der Waals surface area contributed by atoms with Gasteiger partial charge in [0.25, 0.3) is 5.19 Å². The molecule has 0 unspecified atom stereocenters. The minimum atomic E-state index is 0.111. The molecule has 8 nitrogen and oxygen atoms in total. The van der Waals surface area contributed by atoms with Crippen molar-refractivity contribution < 1.29 is 19.0 Å². The topological polar surface area (TPSA) is 88.4 Å². The van der Waals surface area contributed by atoms with E-state index in [2.05, 4.69) is 15.2 Å². The van der Waals surface area contributed by atoms with Crippen molar-refractivity contribution in [3.8, 4) is 33.9 Å². The van der Waals surface area contributed by atoms with Gasteiger partial charge in [-0.2, -0.15) is 4.98 Å². The van der Waals surface area contributed by atoms with Crippen LogP contribution < -0.4 is 14.2 Å². The summed E-state index contributed by atoms with van der Waals surface area (Å²) in [7, 11) is 4.61. The largest absolute Gasteiger partial charge is 0.494 e. The molecule has 3 aromatic rings. The van der Waals surface area contributed by atoms with E-state index in [0.717, 1.165) is 0 Å². The van der Waals surface area contributed by atoms with E-state index >= 15 is 0 Å². The molecule has 3 rings (SSSR count). The van der Waals surface area contributed by atoms with Gasteiger partial charge in [-0.1, -0.05) is 17.4 Å². The van der Waals surface area contributed by atoms with E-state index in [-0.39, 0.29) is 5.82 Å². The normalized spacial score (nSPS) is 10.5. The van der Waals surface area contributed by atoms with E-state index in [9.17, 15) is 4.79 Å². The van der Waals surface area contributed by atoms with Gasteiger partial charge in [-0.15, -0.1) is 10.2 Å². The van der Waals surface area contributed by atoms with Gasteiger partial charge < -0.3 is 14.2 Å². The molecule has 0 atom stereocenters. The standard InChI is InChI=1S/C15H14N4O4S/c1-21-10-5-4-6-11(22-2)13(10)19-12(7-20)17-18-14(19)9-8-24-15(16-9)23-3/h4-8H,1-3H3. The highest BCUT2D eigenvalue weighted by Crippen LogP contribution is 2.36. The van der Waals surface area contributed by atoms with E-state index in [1.165, 1.54) is 32.7 Å². The van der Waals surface area contributed by atoms with Crippen LogP contribution in [0.4, 0.5) is 0 Å². The van der Waals surface area contributed by atoms with Crippen molar-refractivity contribution in [1.29, 1.82) is 0 Å². The van der Waals surface area contributed by atoms with Crippen LogP contribution in [0.15, 0.2) is 23.6 Å². The van der Waals surface area contributed by atoms with Crippen molar-refractivity contribution in [1.82, 2.24) is 19.7 Å². The lowest BCUT2D eigenvalue weighted by atomic mass is 10.2. The summed E-state index contributed by atoms with van der Waals surface area (Å²) in [5.74, 6) is 1.53. The van der Waals surface area contributed by atoms with Gasteiger partial charge >= 0.3 is 0 Å². The monoisotopic (exact) mass is 346 g/mol. The molecule has 2 heterocycles. The number of carbonyl (C=O) groups is 1. The molecule has 0 aliphatic rings. The van der Waals surface area contributed by atoms with Gasteiger partial charge in [-0.3, -0.25) is 9.36 Å². The Morgan fingerprint density at radius 1 is 1.08 bits per heavy atom. The maximum absolute atomic E-state index is 11.5. The number of methoxy groups -OCH3 is 3. The van der Waals surface area contributed by atoms with Crippen LogP contribution in [0.2, 0.25) is 0 Å². The zero-order valence-electron chi connectivity index (χ0n) is 13.2. The van der Waals surface area contributed by atoms with Gasteiger partial charge in [0.2, 0.25) is 5.82 Å². The Balaban J connectivity index is 2.28. The molecule has 0 spiro atoms. The fraction of sp³-hybridized carbons (Fsp3) is 0.200. The Labute approximate surface area is 141 Å². The predicted molar refractivity (Wildman–Crippen MR) is 87.5 cm³/mol. The number of carbonyl (C=O) groups excluding carboxylic acids is 1. The summed E-state index contributed by atoms with van der Waals surface area (Å²) < 4.78 is 17.5. The van der Waals surface area contributed by atoms with Crippen molar-refractivity contribution in [2.75, 3.05) is 21.3 Å². The van der Waals surface area contributed by atoms with Gasteiger partial charge in [-0.25, -0.2) is 0 Å². The highest BCUT2D eigenvalue weighted by molar-refractivity contribution is 7.11. The molecule has 9 heteroatoms. The average Bonchev–Trinajstić information content (AvgIpc) is 3.26. The number of aldehydes is 1. The molecule has 0 saturated heterocycles. The molecule has 1 aromatic carbocycles. The third kappa shape index (κ3) is 2.58. The average molecular weight is 346 g/mol. The van der Waals surface area contributed by atoms with Gasteiger partial charge in [0.15, 0.2) is 12.1 Å². The maximum atomic E-state index is 11.5. The van der Waals surface area contributed by atoms with Crippen molar-refractivity contribution in [2.24, 2.45) is 0 Å². The molecule has 0 radical (unpaired) electrons. The molecule has 124 valence electrons. The van der Waals surface area contributed by atoms with E-state index in [4.69, 9.17) is 14.2 Å². The number of benzene rings is 1. The quantitative estimate of drug-likeness (QED) is 0.632. The zero-order valence-corrected chi connectivity index (χ0v) is 14.0. The fourth-order valence-electron chi connectivity index (χ4n) is 2.26. The van der Waals surface area contributed by atoms with E-state index in [1.807, 2.05) is 0 Å². The molecule has 24 heavy (non-hydrogen) atoms. The molecule has 0 fully saturated rings. The Bertz CT molecular complexity index is 852. The summed E-state index contributed by atoms with van der Waals surface area (Å²) in [5, 5.41) is 10.3. The maximum Gasteiger partial charge on any atom is 0.273 e. The summed E-state index contributed by atoms with van der Waals surface area (Å²) in [6.07, 6.45) is 0.617. The van der Waals surface area contributed by atoms with Gasteiger partial charge in [0.1, 0.15) is 22.9 Å². The third-order valence-corrected chi connectivity index (χ3v) is 4.11. The Kier molecular flexibility index (Phi) is 4.43. The number of hydrogen-bond donors (Lipinski definition) is 0. The smallest absolute Gasteiger partial charge is 0.273 e.